The third kappa shape index (κ3) is 5.91. The molecule has 2 rings (SSSR count). The van der Waals surface area contributed by atoms with Crippen LogP contribution < -0.4 is 10.1 Å². The Hall–Kier alpha value is -1.30. The molecule has 1 aliphatic rings. The Morgan fingerprint density at radius 2 is 2.14 bits per heavy atom. The number of ether oxygens (including phenoxy) is 2. The van der Waals surface area contributed by atoms with Gasteiger partial charge in [0.15, 0.2) is 0 Å². The number of nitrogens with zero attached hydrogens (tertiary/aromatic N) is 1. The van der Waals surface area contributed by atoms with E-state index in [1.54, 1.807) is 19.2 Å². The molecule has 1 saturated heterocycles. The molecule has 1 aromatic carbocycles. The topological polar surface area (TPSA) is 50.8 Å². The van der Waals surface area contributed by atoms with Gasteiger partial charge in [0.2, 0.25) is 0 Å². The Balaban J connectivity index is 0.00000220. The van der Waals surface area contributed by atoms with Crippen LogP contribution in [0.4, 0.5) is 0 Å². The molecule has 21 heavy (non-hydrogen) atoms. The van der Waals surface area contributed by atoms with Gasteiger partial charge in [0, 0.05) is 25.2 Å². The van der Waals surface area contributed by atoms with Gasteiger partial charge in [-0.25, -0.2) is 0 Å². The highest BCUT2D eigenvalue weighted by atomic mass is 35.5. The summed E-state index contributed by atoms with van der Waals surface area (Å²) in [6.45, 7) is 5.30. The van der Waals surface area contributed by atoms with E-state index >= 15 is 0 Å². The average molecular weight is 315 g/mol. The number of nitrogens with one attached hydrogen (secondary N) is 1. The van der Waals surface area contributed by atoms with Crippen molar-refractivity contribution in [3.63, 3.8) is 0 Å². The molecule has 6 heteroatoms. The molecule has 0 spiro atoms. The minimum absolute atomic E-state index is 0. The molecule has 0 atom stereocenters. The van der Waals surface area contributed by atoms with E-state index in [-0.39, 0.29) is 18.3 Å². The lowest BCUT2D eigenvalue weighted by atomic mass is 10.2. The molecule has 118 valence electrons. The van der Waals surface area contributed by atoms with E-state index in [4.69, 9.17) is 9.47 Å². The number of rotatable bonds is 6. The number of benzene rings is 1. The van der Waals surface area contributed by atoms with Crippen LogP contribution >= 0.6 is 12.4 Å². The second-order valence-corrected chi connectivity index (χ2v) is 4.80. The first-order chi connectivity index (χ1) is 9.79. The van der Waals surface area contributed by atoms with Gasteiger partial charge in [-0.15, -0.1) is 12.4 Å². The molecule has 1 heterocycles. The van der Waals surface area contributed by atoms with Gasteiger partial charge in [0.25, 0.3) is 5.91 Å². The largest absolute Gasteiger partial charge is 0.497 e. The molecule has 0 unspecified atom stereocenters. The van der Waals surface area contributed by atoms with Crippen molar-refractivity contribution in [1.29, 1.82) is 0 Å². The molecular formula is C15H23ClN2O3. The summed E-state index contributed by atoms with van der Waals surface area (Å²) in [5, 5.41) is 2.94. The van der Waals surface area contributed by atoms with Crippen molar-refractivity contribution in [2.75, 3.05) is 46.5 Å². The van der Waals surface area contributed by atoms with Gasteiger partial charge in [-0.2, -0.15) is 0 Å². The number of methoxy groups -OCH3 is 1. The molecule has 0 aromatic heterocycles. The molecule has 0 aliphatic carbocycles. The first-order valence-electron chi connectivity index (χ1n) is 7.02. The zero-order valence-electron chi connectivity index (χ0n) is 12.3. The van der Waals surface area contributed by atoms with E-state index in [1.165, 1.54) is 0 Å². The third-order valence-corrected chi connectivity index (χ3v) is 3.37. The van der Waals surface area contributed by atoms with Gasteiger partial charge in [-0.05, 0) is 31.2 Å². The summed E-state index contributed by atoms with van der Waals surface area (Å²) in [7, 11) is 1.60. The van der Waals surface area contributed by atoms with E-state index in [1.807, 2.05) is 12.1 Å². The molecule has 5 nitrogen and oxygen atoms in total. The van der Waals surface area contributed by atoms with Gasteiger partial charge >= 0.3 is 0 Å². The van der Waals surface area contributed by atoms with Crippen molar-refractivity contribution in [1.82, 2.24) is 10.2 Å². The number of halogens is 1. The molecular weight excluding hydrogens is 292 g/mol. The Labute approximate surface area is 132 Å². The van der Waals surface area contributed by atoms with Crippen molar-refractivity contribution < 1.29 is 14.3 Å². The fourth-order valence-electron chi connectivity index (χ4n) is 2.20. The van der Waals surface area contributed by atoms with Crippen molar-refractivity contribution in [2.45, 2.75) is 6.42 Å². The average Bonchev–Trinajstić information content (AvgIpc) is 2.52. The monoisotopic (exact) mass is 314 g/mol. The van der Waals surface area contributed by atoms with Crippen molar-refractivity contribution in [2.24, 2.45) is 0 Å². The Kier molecular flexibility index (Phi) is 8.12. The fourth-order valence-corrected chi connectivity index (χ4v) is 2.20. The van der Waals surface area contributed by atoms with E-state index < -0.39 is 0 Å². The molecule has 1 N–H and O–H groups in total. The summed E-state index contributed by atoms with van der Waals surface area (Å²) >= 11 is 0. The van der Waals surface area contributed by atoms with E-state index in [2.05, 4.69) is 10.2 Å². The van der Waals surface area contributed by atoms with Crippen LogP contribution in [0, 0.1) is 0 Å². The SMILES string of the molecule is COc1cccc(C(=O)NCCCN2CCOCC2)c1.Cl. The second-order valence-electron chi connectivity index (χ2n) is 4.80. The van der Waals surface area contributed by atoms with Gasteiger partial charge in [0.05, 0.1) is 20.3 Å². The minimum atomic E-state index is -0.0501. The van der Waals surface area contributed by atoms with Crippen molar-refractivity contribution in [3.8, 4) is 5.75 Å². The maximum absolute atomic E-state index is 12.0. The number of morpholine rings is 1. The Morgan fingerprint density at radius 1 is 1.38 bits per heavy atom. The standard InChI is InChI=1S/C15H22N2O3.ClH/c1-19-14-5-2-4-13(12-14)15(18)16-6-3-7-17-8-10-20-11-9-17;/h2,4-5,12H,3,6-11H2,1H3,(H,16,18);1H. The number of hydrogen-bond donors (Lipinski definition) is 1. The molecule has 1 amide bonds. The number of carbonyl (C=O) groups is 1. The van der Waals surface area contributed by atoms with E-state index in [0.717, 1.165) is 39.3 Å². The van der Waals surface area contributed by atoms with Gasteiger partial charge in [-0.3, -0.25) is 9.69 Å². The molecule has 1 aromatic rings. The lowest BCUT2D eigenvalue weighted by molar-refractivity contribution is 0.0374. The summed E-state index contributed by atoms with van der Waals surface area (Å²) in [6, 6.07) is 7.19. The van der Waals surface area contributed by atoms with Crippen molar-refractivity contribution >= 4 is 18.3 Å². The van der Waals surface area contributed by atoms with Crippen LogP contribution in [0.2, 0.25) is 0 Å². The highest BCUT2D eigenvalue weighted by Gasteiger charge is 2.10. The highest BCUT2D eigenvalue weighted by molar-refractivity contribution is 5.94. The van der Waals surface area contributed by atoms with E-state index in [9.17, 15) is 4.79 Å². The second kappa shape index (κ2) is 9.60. The molecule has 0 radical (unpaired) electrons. The zero-order chi connectivity index (χ0) is 14.2. The normalized spacial score (nSPS) is 15.1. The predicted molar refractivity (Wildman–Crippen MR) is 84.5 cm³/mol. The summed E-state index contributed by atoms with van der Waals surface area (Å²) in [6.07, 6.45) is 0.954. The predicted octanol–water partition coefficient (Wildman–Crippen LogP) is 1.57. The third-order valence-electron chi connectivity index (χ3n) is 3.37. The van der Waals surface area contributed by atoms with Crippen LogP contribution in [-0.4, -0.2) is 57.3 Å². The van der Waals surface area contributed by atoms with Crippen molar-refractivity contribution in [3.05, 3.63) is 29.8 Å². The lowest BCUT2D eigenvalue weighted by Crippen LogP contribution is -2.38. The smallest absolute Gasteiger partial charge is 0.251 e. The Bertz CT molecular complexity index is 437. The van der Waals surface area contributed by atoms with Crippen LogP contribution in [0.3, 0.4) is 0 Å². The summed E-state index contributed by atoms with van der Waals surface area (Å²) in [4.78, 5) is 14.3. The van der Waals surface area contributed by atoms with Crippen LogP contribution in [-0.2, 0) is 4.74 Å². The summed E-state index contributed by atoms with van der Waals surface area (Å²) in [5.74, 6) is 0.650. The first-order valence-corrected chi connectivity index (χ1v) is 7.02. The highest BCUT2D eigenvalue weighted by Crippen LogP contribution is 2.12. The van der Waals surface area contributed by atoms with Crippen LogP contribution in [0.5, 0.6) is 5.75 Å². The molecule has 0 saturated carbocycles. The number of carbonyl (C=O) groups excluding carboxylic acids is 1. The first kappa shape index (κ1) is 17.8. The minimum Gasteiger partial charge on any atom is -0.497 e. The fraction of sp³-hybridized carbons (Fsp3) is 0.533. The van der Waals surface area contributed by atoms with Gasteiger partial charge in [0.1, 0.15) is 5.75 Å². The zero-order valence-corrected chi connectivity index (χ0v) is 13.2. The lowest BCUT2D eigenvalue weighted by Gasteiger charge is -2.26. The van der Waals surface area contributed by atoms with Crippen LogP contribution in [0.1, 0.15) is 16.8 Å². The number of amides is 1. The molecule has 0 bridgehead atoms. The Morgan fingerprint density at radius 3 is 2.86 bits per heavy atom. The molecule has 1 aliphatic heterocycles. The van der Waals surface area contributed by atoms with Gasteiger partial charge < -0.3 is 14.8 Å². The van der Waals surface area contributed by atoms with Crippen LogP contribution in [0.15, 0.2) is 24.3 Å². The van der Waals surface area contributed by atoms with Gasteiger partial charge in [-0.1, -0.05) is 6.07 Å². The maximum atomic E-state index is 12.0. The van der Waals surface area contributed by atoms with Crippen LogP contribution in [0.25, 0.3) is 0 Å². The quantitative estimate of drug-likeness (QED) is 0.810. The van der Waals surface area contributed by atoms with E-state index in [0.29, 0.717) is 17.9 Å². The molecule has 1 fully saturated rings. The number of hydrogen-bond acceptors (Lipinski definition) is 4. The summed E-state index contributed by atoms with van der Waals surface area (Å²) in [5.41, 5.74) is 0.635. The summed E-state index contributed by atoms with van der Waals surface area (Å²) < 4.78 is 10.4. The maximum Gasteiger partial charge on any atom is 0.251 e.